The zero-order chi connectivity index (χ0) is 18.2. The predicted molar refractivity (Wildman–Crippen MR) is 98.1 cm³/mol. The highest BCUT2D eigenvalue weighted by Crippen LogP contribution is 2.24. The lowest BCUT2D eigenvalue weighted by atomic mass is 10.1. The summed E-state index contributed by atoms with van der Waals surface area (Å²) in [6, 6.07) is 9.12. The summed E-state index contributed by atoms with van der Waals surface area (Å²) in [4.78, 5) is 3.37. The molecule has 2 aromatic carbocycles. The Hall–Kier alpha value is -1.89. The Morgan fingerprint density at radius 2 is 1.92 bits per heavy atom. The Bertz CT molecular complexity index is 1040. The van der Waals surface area contributed by atoms with Gasteiger partial charge in [0.05, 0.1) is 4.90 Å². The van der Waals surface area contributed by atoms with Gasteiger partial charge in [-0.3, -0.25) is 0 Å². The first-order valence-corrected chi connectivity index (χ1v) is 9.66. The fourth-order valence-corrected chi connectivity index (χ4v) is 4.09. The van der Waals surface area contributed by atoms with Gasteiger partial charge in [-0.1, -0.05) is 11.6 Å². The van der Waals surface area contributed by atoms with Crippen LogP contribution in [0, 0.1) is 19.7 Å². The molecule has 0 saturated heterocycles. The van der Waals surface area contributed by atoms with E-state index >= 15 is 0 Å². The van der Waals surface area contributed by atoms with Crippen molar-refractivity contribution in [3.05, 3.63) is 64.1 Å². The van der Waals surface area contributed by atoms with Gasteiger partial charge in [-0.15, -0.1) is 0 Å². The fraction of sp³-hybridized carbons (Fsp3) is 0.222. The molecule has 7 heteroatoms. The molecular weight excluding hydrogens is 363 g/mol. The number of aromatic amines is 1. The summed E-state index contributed by atoms with van der Waals surface area (Å²) in [6.45, 7) is 3.86. The fourth-order valence-electron chi connectivity index (χ4n) is 2.85. The molecule has 0 aliphatic heterocycles. The van der Waals surface area contributed by atoms with Crippen molar-refractivity contribution in [3.63, 3.8) is 0 Å². The molecule has 0 saturated carbocycles. The summed E-state index contributed by atoms with van der Waals surface area (Å²) in [6.07, 6.45) is 0.459. The molecule has 0 spiro atoms. The van der Waals surface area contributed by atoms with Gasteiger partial charge < -0.3 is 4.98 Å². The lowest BCUT2D eigenvalue weighted by molar-refractivity contribution is 0.581. The van der Waals surface area contributed by atoms with Gasteiger partial charge in [0.2, 0.25) is 10.0 Å². The van der Waals surface area contributed by atoms with Crippen LogP contribution in [-0.2, 0) is 16.4 Å². The second kappa shape index (κ2) is 6.78. The van der Waals surface area contributed by atoms with E-state index in [1.807, 2.05) is 6.92 Å². The third kappa shape index (κ3) is 3.71. The minimum atomic E-state index is -3.62. The van der Waals surface area contributed by atoms with E-state index in [1.165, 1.54) is 24.3 Å². The van der Waals surface area contributed by atoms with Gasteiger partial charge in [0.25, 0.3) is 0 Å². The predicted octanol–water partition coefficient (Wildman–Crippen LogP) is 4.10. The number of rotatable bonds is 5. The highest BCUT2D eigenvalue weighted by molar-refractivity contribution is 7.89. The van der Waals surface area contributed by atoms with E-state index in [0.29, 0.717) is 17.0 Å². The Morgan fingerprint density at radius 3 is 2.64 bits per heavy atom. The second-order valence-corrected chi connectivity index (χ2v) is 8.15. The zero-order valence-corrected chi connectivity index (χ0v) is 15.4. The van der Waals surface area contributed by atoms with Crippen molar-refractivity contribution >= 4 is 32.5 Å². The molecule has 0 bridgehead atoms. The molecule has 0 aliphatic carbocycles. The number of sulfonamides is 1. The average Bonchev–Trinajstić information content (AvgIpc) is 2.85. The minimum Gasteiger partial charge on any atom is -0.358 e. The van der Waals surface area contributed by atoms with Crippen molar-refractivity contribution < 1.29 is 12.8 Å². The van der Waals surface area contributed by atoms with E-state index in [-0.39, 0.29) is 17.3 Å². The van der Waals surface area contributed by atoms with E-state index in [1.54, 1.807) is 19.1 Å². The van der Waals surface area contributed by atoms with Crippen molar-refractivity contribution in [3.8, 4) is 0 Å². The summed E-state index contributed by atoms with van der Waals surface area (Å²) in [5, 5.41) is 1.30. The topological polar surface area (TPSA) is 62.0 Å². The standard InChI is InChI=1S/C18H18ClFN2O2S/c1-11-9-14(4-5-17(11)19)25(23,24)21-8-7-15-12(2)22-18-6-3-13(20)10-16(15)18/h3-6,9-10,21-22H,7-8H2,1-2H3. The molecule has 1 aromatic heterocycles. The minimum absolute atomic E-state index is 0.177. The van der Waals surface area contributed by atoms with Gasteiger partial charge in [-0.05, 0) is 67.8 Å². The molecule has 3 aromatic rings. The van der Waals surface area contributed by atoms with E-state index in [2.05, 4.69) is 9.71 Å². The van der Waals surface area contributed by atoms with Crippen LogP contribution < -0.4 is 4.72 Å². The van der Waals surface area contributed by atoms with E-state index in [4.69, 9.17) is 11.6 Å². The Morgan fingerprint density at radius 1 is 1.16 bits per heavy atom. The summed E-state index contributed by atoms with van der Waals surface area (Å²) < 4.78 is 40.9. The van der Waals surface area contributed by atoms with Crippen LogP contribution in [0.2, 0.25) is 5.02 Å². The largest absolute Gasteiger partial charge is 0.358 e. The van der Waals surface area contributed by atoms with Crippen molar-refractivity contribution in [1.29, 1.82) is 0 Å². The number of H-pyrrole nitrogens is 1. The van der Waals surface area contributed by atoms with Crippen molar-refractivity contribution in [1.82, 2.24) is 9.71 Å². The number of halogens is 2. The van der Waals surface area contributed by atoms with Gasteiger partial charge in [0.15, 0.2) is 0 Å². The highest BCUT2D eigenvalue weighted by Gasteiger charge is 2.16. The summed E-state index contributed by atoms with van der Waals surface area (Å²) in [7, 11) is -3.62. The lowest BCUT2D eigenvalue weighted by Crippen LogP contribution is -2.26. The van der Waals surface area contributed by atoms with Crippen LogP contribution >= 0.6 is 11.6 Å². The molecule has 1 heterocycles. The number of hydrogen-bond acceptors (Lipinski definition) is 2. The van der Waals surface area contributed by atoms with Crippen LogP contribution in [0.1, 0.15) is 16.8 Å². The molecule has 2 N–H and O–H groups in total. The van der Waals surface area contributed by atoms with Crippen LogP contribution in [0.15, 0.2) is 41.3 Å². The molecular formula is C18H18ClFN2O2S. The number of benzene rings is 2. The average molecular weight is 381 g/mol. The molecule has 132 valence electrons. The summed E-state index contributed by atoms with van der Waals surface area (Å²) in [5.41, 5.74) is 3.35. The molecule has 3 rings (SSSR count). The maximum atomic E-state index is 13.5. The first-order chi connectivity index (χ1) is 11.8. The van der Waals surface area contributed by atoms with Crippen LogP contribution in [-0.4, -0.2) is 19.9 Å². The number of nitrogens with one attached hydrogen (secondary N) is 2. The van der Waals surface area contributed by atoms with Gasteiger partial charge in [-0.25, -0.2) is 17.5 Å². The lowest BCUT2D eigenvalue weighted by Gasteiger charge is -2.08. The number of aryl methyl sites for hydroxylation is 2. The maximum absolute atomic E-state index is 13.5. The third-order valence-electron chi connectivity index (χ3n) is 4.19. The molecule has 0 amide bonds. The van der Waals surface area contributed by atoms with E-state index in [0.717, 1.165) is 22.2 Å². The van der Waals surface area contributed by atoms with Crippen LogP contribution in [0.3, 0.4) is 0 Å². The second-order valence-electron chi connectivity index (χ2n) is 5.98. The van der Waals surface area contributed by atoms with E-state index in [9.17, 15) is 12.8 Å². The Balaban J connectivity index is 1.77. The Labute approximate surface area is 151 Å². The SMILES string of the molecule is Cc1cc(S(=O)(=O)NCCc2c(C)[nH]c3ccc(F)cc23)ccc1Cl. The molecule has 0 atom stereocenters. The van der Waals surface area contributed by atoms with Crippen molar-refractivity contribution in [2.45, 2.75) is 25.2 Å². The van der Waals surface area contributed by atoms with Gasteiger partial charge in [0, 0.05) is 28.2 Å². The summed E-state index contributed by atoms with van der Waals surface area (Å²) in [5.74, 6) is -0.315. The number of hydrogen-bond donors (Lipinski definition) is 2. The third-order valence-corrected chi connectivity index (χ3v) is 6.07. The van der Waals surface area contributed by atoms with Gasteiger partial charge in [0.1, 0.15) is 5.82 Å². The zero-order valence-electron chi connectivity index (χ0n) is 13.9. The first-order valence-electron chi connectivity index (χ1n) is 7.80. The quantitative estimate of drug-likeness (QED) is 0.700. The molecule has 0 aliphatic rings. The van der Waals surface area contributed by atoms with Gasteiger partial charge in [-0.2, -0.15) is 0 Å². The van der Waals surface area contributed by atoms with E-state index < -0.39 is 10.0 Å². The van der Waals surface area contributed by atoms with Crippen LogP contribution in [0.4, 0.5) is 4.39 Å². The number of fused-ring (bicyclic) bond motifs is 1. The molecule has 25 heavy (non-hydrogen) atoms. The monoisotopic (exact) mass is 380 g/mol. The molecule has 4 nitrogen and oxygen atoms in total. The first kappa shape index (κ1) is 17.9. The maximum Gasteiger partial charge on any atom is 0.240 e. The van der Waals surface area contributed by atoms with Crippen LogP contribution in [0.5, 0.6) is 0 Å². The molecule has 0 fully saturated rings. The smallest absolute Gasteiger partial charge is 0.240 e. The normalized spacial score (nSPS) is 12.0. The Kier molecular flexibility index (Phi) is 4.86. The van der Waals surface area contributed by atoms with Crippen molar-refractivity contribution in [2.75, 3.05) is 6.54 Å². The van der Waals surface area contributed by atoms with Crippen molar-refractivity contribution in [2.24, 2.45) is 0 Å². The number of aromatic nitrogens is 1. The molecule has 0 unspecified atom stereocenters. The summed E-state index contributed by atoms with van der Waals surface area (Å²) >= 11 is 5.94. The molecule has 0 radical (unpaired) electrons. The highest BCUT2D eigenvalue weighted by atomic mass is 35.5. The van der Waals surface area contributed by atoms with Gasteiger partial charge >= 0.3 is 0 Å². The van der Waals surface area contributed by atoms with Crippen LogP contribution in [0.25, 0.3) is 10.9 Å².